The minimum atomic E-state index is -0.678. The molecule has 0 radical (unpaired) electrons. The van der Waals surface area contributed by atoms with E-state index < -0.39 is 10.9 Å². The summed E-state index contributed by atoms with van der Waals surface area (Å²) in [5, 5.41) is 3.67. The predicted octanol–water partition coefficient (Wildman–Crippen LogP) is 5.17. The van der Waals surface area contributed by atoms with Crippen LogP contribution in [0.1, 0.15) is 0 Å². The number of hydrogen-bond donors (Lipinski definition) is 0. The summed E-state index contributed by atoms with van der Waals surface area (Å²) >= 11 is 0. The quantitative estimate of drug-likeness (QED) is 0.412. The Bertz CT molecular complexity index is 1290. The zero-order valence-corrected chi connectivity index (χ0v) is 14.7. The zero-order chi connectivity index (χ0) is 19.1. The molecule has 0 aromatic heterocycles. The highest BCUT2D eigenvalue weighted by atomic mass is 16.5. The van der Waals surface area contributed by atoms with Crippen molar-refractivity contribution in [3.8, 4) is 23.0 Å². The summed E-state index contributed by atoms with van der Waals surface area (Å²) in [6.07, 6.45) is 0. The largest absolute Gasteiger partial charge is 0.448 e. The molecule has 0 aliphatic rings. The van der Waals surface area contributed by atoms with E-state index in [2.05, 4.69) is 0 Å². The highest BCUT2D eigenvalue weighted by Crippen LogP contribution is 2.36. The van der Waals surface area contributed by atoms with E-state index in [1.54, 1.807) is 12.1 Å². The molecule has 28 heavy (non-hydrogen) atoms. The molecule has 0 aliphatic heterocycles. The number of benzene rings is 4. The lowest BCUT2D eigenvalue weighted by atomic mass is 10.1. The summed E-state index contributed by atoms with van der Waals surface area (Å²) in [7, 11) is 0. The second-order valence-corrected chi connectivity index (χ2v) is 6.48. The van der Waals surface area contributed by atoms with Crippen molar-refractivity contribution in [1.29, 1.82) is 0 Å². The second-order valence-electron chi connectivity index (χ2n) is 6.48. The Morgan fingerprint density at radius 3 is 1.32 bits per heavy atom. The van der Waals surface area contributed by atoms with Crippen LogP contribution in [0.25, 0.3) is 21.5 Å². The van der Waals surface area contributed by atoms with Gasteiger partial charge >= 0.3 is 0 Å². The molecule has 0 heterocycles. The maximum Gasteiger partial charge on any atom is 0.276 e. The fourth-order valence-electron chi connectivity index (χ4n) is 3.32. The van der Waals surface area contributed by atoms with Crippen LogP contribution >= 0.6 is 0 Å². The first-order valence-electron chi connectivity index (χ1n) is 8.87. The molecule has 0 N–H and O–H groups in total. The first-order valence-corrected chi connectivity index (χ1v) is 8.87. The van der Waals surface area contributed by atoms with Gasteiger partial charge in [-0.3, -0.25) is 9.59 Å². The van der Waals surface area contributed by atoms with Crippen LogP contribution in [0, 0.1) is 0 Å². The van der Waals surface area contributed by atoms with Crippen LogP contribution in [0.4, 0.5) is 0 Å². The fourth-order valence-corrected chi connectivity index (χ4v) is 3.32. The Morgan fingerprint density at radius 2 is 0.857 bits per heavy atom. The van der Waals surface area contributed by atoms with Crippen molar-refractivity contribution < 1.29 is 9.47 Å². The van der Waals surface area contributed by atoms with Crippen molar-refractivity contribution in [1.82, 2.24) is 0 Å². The Morgan fingerprint density at radius 1 is 0.464 bits per heavy atom. The molecule has 5 rings (SSSR count). The molecule has 0 spiro atoms. The van der Waals surface area contributed by atoms with Crippen LogP contribution in [0.3, 0.4) is 0 Å². The van der Waals surface area contributed by atoms with E-state index in [1.165, 1.54) is 0 Å². The lowest BCUT2D eigenvalue weighted by Gasteiger charge is -2.15. The molecule has 5 aromatic carbocycles. The molecule has 0 unspecified atom stereocenters. The summed E-state index contributed by atoms with van der Waals surface area (Å²) in [6.45, 7) is 0. The van der Waals surface area contributed by atoms with Crippen LogP contribution in [-0.2, 0) is 0 Å². The van der Waals surface area contributed by atoms with Gasteiger partial charge in [-0.2, -0.15) is 0 Å². The summed E-state index contributed by atoms with van der Waals surface area (Å²) in [5.74, 6) is 0.893. The van der Waals surface area contributed by atoms with Gasteiger partial charge in [0, 0.05) is 10.8 Å². The predicted molar refractivity (Wildman–Crippen MR) is 109 cm³/mol. The molecule has 4 heteroatoms. The number of ether oxygens (including phenoxy) is 2. The van der Waals surface area contributed by atoms with Gasteiger partial charge in [0.25, 0.3) is 10.9 Å². The molecule has 4 nitrogen and oxygen atoms in total. The van der Waals surface area contributed by atoms with Crippen LogP contribution in [-0.4, -0.2) is 0 Å². The minimum Gasteiger partial charge on any atom is -0.448 e. The van der Waals surface area contributed by atoms with Crippen molar-refractivity contribution in [3.63, 3.8) is 0 Å². The fraction of sp³-hybridized carbons (Fsp3) is 0. The van der Waals surface area contributed by atoms with Gasteiger partial charge in [-0.25, -0.2) is 0 Å². The molecular weight excluding hydrogens is 352 g/mol. The Labute approximate surface area is 159 Å². The Hall–Kier alpha value is -3.92. The summed E-state index contributed by atoms with van der Waals surface area (Å²) < 4.78 is 11.7. The van der Waals surface area contributed by atoms with E-state index in [-0.39, 0.29) is 11.5 Å². The first-order chi connectivity index (χ1) is 13.7. The second kappa shape index (κ2) is 6.35. The van der Waals surface area contributed by atoms with E-state index in [9.17, 15) is 9.59 Å². The van der Waals surface area contributed by atoms with E-state index in [4.69, 9.17) is 9.47 Å². The maximum atomic E-state index is 12.2. The molecular formula is C24H14O4. The molecule has 0 bridgehead atoms. The van der Waals surface area contributed by atoms with Crippen LogP contribution < -0.4 is 20.3 Å². The Balaban J connectivity index is 1.56. The minimum absolute atomic E-state index is 0.0608. The van der Waals surface area contributed by atoms with E-state index >= 15 is 0 Å². The number of rotatable bonds is 4. The molecule has 0 atom stereocenters. The third-order valence-electron chi connectivity index (χ3n) is 4.75. The van der Waals surface area contributed by atoms with Crippen LogP contribution in [0.2, 0.25) is 0 Å². The average Bonchev–Trinajstić information content (AvgIpc) is 2.76. The summed E-state index contributed by atoms with van der Waals surface area (Å²) in [6, 6.07) is 26.5. The first kappa shape index (κ1) is 16.3. The molecule has 134 valence electrons. The highest BCUT2D eigenvalue weighted by molar-refractivity contribution is 5.89. The van der Waals surface area contributed by atoms with Crippen molar-refractivity contribution in [2.45, 2.75) is 0 Å². The van der Waals surface area contributed by atoms with E-state index in [0.29, 0.717) is 11.5 Å². The van der Waals surface area contributed by atoms with Gasteiger partial charge in [0.15, 0.2) is 0 Å². The molecule has 0 fully saturated rings. The van der Waals surface area contributed by atoms with Crippen LogP contribution in [0.15, 0.2) is 94.5 Å². The monoisotopic (exact) mass is 366 g/mol. The summed E-state index contributed by atoms with van der Waals surface area (Å²) in [5.41, 5.74) is -1.36. The zero-order valence-electron chi connectivity index (χ0n) is 14.7. The van der Waals surface area contributed by atoms with E-state index in [0.717, 1.165) is 21.5 Å². The van der Waals surface area contributed by atoms with Gasteiger partial charge in [0.05, 0.1) is 0 Å². The van der Waals surface area contributed by atoms with Gasteiger partial charge in [-0.15, -0.1) is 0 Å². The summed E-state index contributed by atoms with van der Waals surface area (Å²) in [4.78, 5) is 24.3. The molecule has 0 amide bonds. The van der Waals surface area contributed by atoms with Gasteiger partial charge in [-0.1, -0.05) is 72.8 Å². The molecule has 0 saturated carbocycles. The molecule has 0 saturated heterocycles. The Kier molecular flexibility index (Phi) is 3.69. The van der Waals surface area contributed by atoms with Crippen molar-refractivity contribution >= 4 is 21.5 Å². The van der Waals surface area contributed by atoms with E-state index in [1.807, 2.05) is 72.8 Å². The smallest absolute Gasteiger partial charge is 0.276 e. The molecule has 5 aromatic rings. The lowest BCUT2D eigenvalue weighted by molar-refractivity contribution is 0.405. The normalized spacial score (nSPS) is 11.1. The standard InChI is InChI=1S/C24H14O4/c25-21-22(26)24(28-20-14-6-10-16-8-2-4-12-18(16)20)23(21)27-19-13-5-9-15-7-1-3-11-17(15)19/h1-14H. The van der Waals surface area contributed by atoms with Crippen molar-refractivity contribution in [2.24, 2.45) is 0 Å². The lowest BCUT2D eigenvalue weighted by Crippen LogP contribution is -2.32. The third-order valence-corrected chi connectivity index (χ3v) is 4.75. The van der Waals surface area contributed by atoms with Gasteiger partial charge < -0.3 is 9.47 Å². The number of hydrogen-bond acceptors (Lipinski definition) is 4. The van der Waals surface area contributed by atoms with Gasteiger partial charge in [0.2, 0.25) is 11.5 Å². The van der Waals surface area contributed by atoms with Crippen molar-refractivity contribution in [3.05, 3.63) is 105 Å². The van der Waals surface area contributed by atoms with Crippen LogP contribution in [0.5, 0.6) is 23.0 Å². The topological polar surface area (TPSA) is 52.6 Å². The van der Waals surface area contributed by atoms with Crippen molar-refractivity contribution in [2.75, 3.05) is 0 Å². The maximum absolute atomic E-state index is 12.2. The SMILES string of the molecule is O=c1c(Oc2cccc3ccccc23)c(Oc2cccc3ccccc23)c1=O. The number of fused-ring (bicyclic) bond motifs is 2. The highest BCUT2D eigenvalue weighted by Gasteiger charge is 2.26. The average molecular weight is 366 g/mol. The third kappa shape index (κ3) is 2.55. The van der Waals surface area contributed by atoms with Gasteiger partial charge in [-0.05, 0) is 22.9 Å². The van der Waals surface area contributed by atoms with Gasteiger partial charge in [0.1, 0.15) is 11.5 Å². The molecule has 0 aliphatic carbocycles.